The molecule has 0 spiro atoms. The van der Waals surface area contributed by atoms with Crippen molar-refractivity contribution in [3.8, 4) is 0 Å². The molecule has 0 saturated heterocycles. The highest BCUT2D eigenvalue weighted by Crippen LogP contribution is 2.29. The third-order valence-electron chi connectivity index (χ3n) is 5.10. The molecule has 3 rings (SSSR count). The summed E-state index contributed by atoms with van der Waals surface area (Å²) in [6.45, 7) is -1.65. The van der Waals surface area contributed by atoms with E-state index in [1.165, 1.54) is 23.9 Å². The summed E-state index contributed by atoms with van der Waals surface area (Å²) < 4.78 is 81.2. The van der Waals surface area contributed by atoms with Gasteiger partial charge in [0.05, 0.1) is 6.54 Å². The molecule has 1 aliphatic rings. The predicted octanol–water partition coefficient (Wildman–Crippen LogP) is 1.37. The lowest BCUT2D eigenvalue weighted by Crippen LogP contribution is -2.48. The molecule has 0 bridgehead atoms. The predicted molar refractivity (Wildman–Crippen MR) is 110 cm³/mol. The van der Waals surface area contributed by atoms with E-state index in [9.17, 15) is 31.1 Å². The zero-order valence-corrected chi connectivity index (χ0v) is 18.6. The van der Waals surface area contributed by atoms with Gasteiger partial charge in [-0.15, -0.1) is 10.2 Å². The van der Waals surface area contributed by atoms with E-state index in [4.69, 9.17) is 11.1 Å². The first-order valence-electron chi connectivity index (χ1n) is 10.0. The Hall–Kier alpha value is -3.85. The van der Waals surface area contributed by atoms with Crippen molar-refractivity contribution < 1.29 is 31.1 Å². The highest BCUT2D eigenvalue weighted by molar-refractivity contribution is 5.94. The molecule has 10 nitrogen and oxygen atoms in total. The molecule has 2 heterocycles. The lowest BCUT2D eigenvalue weighted by atomic mass is 10.2. The van der Waals surface area contributed by atoms with Gasteiger partial charge >= 0.3 is 6.18 Å². The summed E-state index contributed by atoms with van der Waals surface area (Å²) in [6, 6.07) is 0.949. The van der Waals surface area contributed by atoms with Gasteiger partial charge in [0.15, 0.2) is 23.4 Å². The zero-order valence-electron chi connectivity index (χ0n) is 18.6. The van der Waals surface area contributed by atoms with Gasteiger partial charge < -0.3 is 25.0 Å². The Bertz CT molecular complexity index is 1160. The van der Waals surface area contributed by atoms with Crippen LogP contribution in [0.5, 0.6) is 0 Å². The Morgan fingerprint density at radius 2 is 1.80 bits per heavy atom. The summed E-state index contributed by atoms with van der Waals surface area (Å²) in [7, 11) is 3.01. The van der Waals surface area contributed by atoms with Crippen LogP contribution < -0.4 is 5.73 Å². The monoisotopic (exact) mass is 505 g/mol. The van der Waals surface area contributed by atoms with Crippen LogP contribution in [0.15, 0.2) is 17.1 Å². The second-order valence-corrected chi connectivity index (χ2v) is 7.81. The van der Waals surface area contributed by atoms with Gasteiger partial charge in [-0.1, -0.05) is 0 Å². The van der Waals surface area contributed by atoms with Crippen molar-refractivity contribution in [2.24, 2.45) is 10.7 Å². The average molecular weight is 505 g/mol. The minimum atomic E-state index is -4.70. The number of nitrogens with one attached hydrogen (secondary N) is 1. The first-order valence-corrected chi connectivity index (χ1v) is 10.0. The summed E-state index contributed by atoms with van der Waals surface area (Å²) >= 11 is 0. The van der Waals surface area contributed by atoms with Crippen molar-refractivity contribution in [2.75, 3.05) is 27.2 Å². The van der Waals surface area contributed by atoms with Crippen LogP contribution in [0.2, 0.25) is 0 Å². The number of benzene rings is 1. The summed E-state index contributed by atoms with van der Waals surface area (Å²) in [5, 5.41) is 14.5. The summed E-state index contributed by atoms with van der Waals surface area (Å²) in [6.07, 6.45) is -4.70. The SMILES string of the molecule is CN(C)C(=N)/N=C(\N)N(CC(=O)N1CCn2c(nnc2C(F)(F)F)C1)Cc1cc(F)c(F)cc1F. The Morgan fingerprint density at radius 3 is 2.43 bits per heavy atom. The fourth-order valence-corrected chi connectivity index (χ4v) is 3.23. The van der Waals surface area contributed by atoms with E-state index in [0.717, 1.165) is 9.47 Å². The molecule has 2 aromatic rings. The summed E-state index contributed by atoms with van der Waals surface area (Å²) in [5.74, 6) is -6.40. The largest absolute Gasteiger partial charge is 0.451 e. The minimum Gasteiger partial charge on any atom is -0.369 e. The molecule has 0 unspecified atom stereocenters. The van der Waals surface area contributed by atoms with Crippen LogP contribution in [-0.4, -0.2) is 74.5 Å². The quantitative estimate of drug-likeness (QED) is 0.280. The number of hydrogen-bond acceptors (Lipinski definition) is 4. The second-order valence-electron chi connectivity index (χ2n) is 7.81. The Kier molecular flexibility index (Phi) is 7.21. The van der Waals surface area contributed by atoms with Crippen LogP contribution >= 0.6 is 0 Å². The molecule has 16 heteroatoms. The standard InChI is InChI=1S/C19H21F6N9O/c1-31(2)17(26)28-18(27)33(7-10-5-12(21)13(22)6-11(10)20)9-15(35)32-3-4-34-14(8-32)29-30-16(34)19(23,24)25/h5-6H,3-4,7-9H2,1-2H3,(H3,26,27,28). The first-order chi connectivity index (χ1) is 16.3. The highest BCUT2D eigenvalue weighted by atomic mass is 19.4. The van der Waals surface area contributed by atoms with E-state index in [0.29, 0.717) is 12.1 Å². The van der Waals surface area contributed by atoms with Crippen LogP contribution in [0.4, 0.5) is 26.3 Å². The third kappa shape index (κ3) is 5.81. The van der Waals surface area contributed by atoms with Crippen LogP contribution in [0.3, 0.4) is 0 Å². The summed E-state index contributed by atoms with van der Waals surface area (Å²) in [4.78, 5) is 20.3. The van der Waals surface area contributed by atoms with Crippen LogP contribution in [0.1, 0.15) is 17.2 Å². The molecule has 0 radical (unpaired) electrons. The smallest absolute Gasteiger partial charge is 0.369 e. The van der Waals surface area contributed by atoms with Crippen LogP contribution in [0.25, 0.3) is 0 Å². The number of guanidine groups is 2. The second kappa shape index (κ2) is 9.79. The fraction of sp³-hybridized carbons (Fsp3) is 0.421. The topological polar surface area (TPSA) is 120 Å². The lowest BCUT2D eigenvalue weighted by molar-refractivity contribution is -0.148. The van der Waals surface area contributed by atoms with Crippen LogP contribution in [0, 0.1) is 22.9 Å². The number of amides is 1. The molecule has 1 amide bonds. The number of aliphatic imine (C=N–C) groups is 1. The molecule has 3 N–H and O–H groups in total. The van der Waals surface area contributed by atoms with Gasteiger partial charge in [-0.05, 0) is 6.07 Å². The molecule has 1 aliphatic heterocycles. The number of fused-ring (bicyclic) bond motifs is 1. The molecule has 0 fully saturated rings. The van der Waals surface area contributed by atoms with Crippen molar-refractivity contribution >= 4 is 17.8 Å². The fourth-order valence-electron chi connectivity index (χ4n) is 3.23. The van der Waals surface area contributed by atoms with Gasteiger partial charge in [0.2, 0.25) is 17.7 Å². The molecule has 1 aromatic carbocycles. The number of alkyl halides is 3. The van der Waals surface area contributed by atoms with E-state index in [-0.39, 0.29) is 42.9 Å². The lowest BCUT2D eigenvalue weighted by Gasteiger charge is -2.31. The minimum absolute atomic E-state index is 0.0776. The maximum atomic E-state index is 14.2. The van der Waals surface area contributed by atoms with E-state index in [2.05, 4.69) is 15.2 Å². The maximum absolute atomic E-state index is 14.2. The molecular weight excluding hydrogens is 484 g/mol. The van der Waals surface area contributed by atoms with Gasteiger partial charge in [-0.25, -0.2) is 13.2 Å². The molecule has 190 valence electrons. The maximum Gasteiger partial charge on any atom is 0.451 e. The first kappa shape index (κ1) is 25.8. The normalized spacial score (nSPS) is 14.1. The van der Waals surface area contributed by atoms with Gasteiger partial charge in [0.1, 0.15) is 12.4 Å². The molecule has 1 aromatic heterocycles. The Morgan fingerprint density at radius 1 is 1.14 bits per heavy atom. The zero-order chi connectivity index (χ0) is 26.1. The number of nitrogens with two attached hydrogens (primary N) is 1. The third-order valence-corrected chi connectivity index (χ3v) is 5.10. The van der Waals surface area contributed by atoms with Gasteiger partial charge in [0, 0.05) is 45.4 Å². The Labute approximate surface area is 195 Å². The molecule has 35 heavy (non-hydrogen) atoms. The molecular formula is C19H21F6N9O. The molecule has 0 saturated carbocycles. The van der Waals surface area contributed by atoms with Crippen molar-refractivity contribution in [1.29, 1.82) is 5.41 Å². The van der Waals surface area contributed by atoms with E-state index in [1.54, 1.807) is 0 Å². The highest BCUT2D eigenvalue weighted by Gasteiger charge is 2.40. The number of carbonyl (C=O) groups is 1. The number of nitrogens with zero attached hydrogens (tertiary/aromatic N) is 7. The van der Waals surface area contributed by atoms with Crippen LogP contribution in [-0.2, 0) is 30.6 Å². The van der Waals surface area contributed by atoms with Crippen molar-refractivity contribution in [1.82, 2.24) is 29.5 Å². The van der Waals surface area contributed by atoms with E-state index < -0.39 is 48.4 Å². The number of rotatable bonds is 4. The van der Waals surface area contributed by atoms with Gasteiger partial charge in [-0.2, -0.15) is 18.2 Å². The van der Waals surface area contributed by atoms with Crippen molar-refractivity contribution in [2.45, 2.75) is 25.8 Å². The van der Waals surface area contributed by atoms with Crippen molar-refractivity contribution in [3.63, 3.8) is 0 Å². The average Bonchev–Trinajstić information content (AvgIpc) is 3.20. The van der Waals surface area contributed by atoms with E-state index >= 15 is 0 Å². The number of carbonyl (C=O) groups excluding carboxylic acids is 1. The molecule has 0 aliphatic carbocycles. The van der Waals surface area contributed by atoms with Crippen molar-refractivity contribution in [3.05, 3.63) is 46.8 Å². The Balaban J connectivity index is 1.83. The number of hydrogen-bond donors (Lipinski definition) is 2. The summed E-state index contributed by atoms with van der Waals surface area (Å²) in [5.41, 5.74) is 5.59. The van der Waals surface area contributed by atoms with E-state index in [1.807, 2.05) is 0 Å². The number of aromatic nitrogens is 3. The molecule has 0 atom stereocenters. The van der Waals surface area contributed by atoms with Gasteiger partial charge in [0.25, 0.3) is 0 Å². The number of halogens is 6. The van der Waals surface area contributed by atoms with Gasteiger partial charge in [-0.3, -0.25) is 10.2 Å².